The number of rotatable bonds is 18. The Morgan fingerprint density at radius 1 is 0.676 bits per heavy atom. The number of esters is 4. The van der Waals surface area contributed by atoms with Crippen molar-refractivity contribution in [3.8, 4) is 0 Å². The summed E-state index contributed by atoms with van der Waals surface area (Å²) in [7, 11) is 2.24. The van der Waals surface area contributed by atoms with Crippen molar-refractivity contribution in [3.63, 3.8) is 0 Å². The van der Waals surface area contributed by atoms with Crippen LogP contribution >= 0.6 is 0 Å². The molecule has 1 saturated carbocycles. The molecule has 0 aromatic rings. The molecule has 4 aliphatic heterocycles. The first-order chi connectivity index (χ1) is 32.4. The van der Waals surface area contributed by atoms with Crippen molar-refractivity contribution in [1.82, 2.24) is 0 Å². The van der Waals surface area contributed by atoms with Gasteiger partial charge in [0.2, 0.25) is 12.6 Å². The average molecular weight is 977 g/mol. The van der Waals surface area contributed by atoms with Gasteiger partial charge in [0.15, 0.2) is 12.6 Å². The molecule has 0 unspecified atom stereocenters. The number of hydrogen-bond donors (Lipinski definition) is 10. The molecule has 384 valence electrons. The Morgan fingerprint density at radius 2 is 1.13 bits per heavy atom. The van der Waals surface area contributed by atoms with Gasteiger partial charge >= 0.3 is 23.9 Å². The molecule has 0 bridgehead atoms. The molecule has 0 aromatic carbocycles. The van der Waals surface area contributed by atoms with Crippen LogP contribution in [0.4, 0.5) is 0 Å². The van der Waals surface area contributed by atoms with Gasteiger partial charge in [0.05, 0.1) is 70.6 Å². The Bertz CT molecular complexity index is 1860. The molecule has 68 heavy (non-hydrogen) atoms. The molecule has 5 aliphatic rings. The summed E-state index contributed by atoms with van der Waals surface area (Å²) in [4.78, 5) is 53.1. The quantitative estimate of drug-likeness (QED) is 0.0365. The lowest BCUT2D eigenvalue weighted by molar-refractivity contribution is -0.327. The molecule has 5 rings (SSSR count). The number of carbonyl (C=O) groups is 4. The van der Waals surface area contributed by atoms with E-state index in [2.05, 4.69) is 0 Å². The van der Waals surface area contributed by atoms with Crippen molar-refractivity contribution < 1.29 is 118 Å². The maximum absolute atomic E-state index is 13.8. The predicted octanol–water partition coefficient (Wildman–Crippen LogP) is -3.32. The van der Waals surface area contributed by atoms with Crippen LogP contribution < -0.4 is 0 Å². The van der Waals surface area contributed by atoms with E-state index >= 15 is 0 Å². The van der Waals surface area contributed by atoms with Crippen LogP contribution in [-0.4, -0.2) is 202 Å². The van der Waals surface area contributed by atoms with Crippen LogP contribution in [-0.2, 0) is 66.5 Å². The summed E-state index contributed by atoms with van der Waals surface area (Å²) in [6.07, 6.45) is -15.8. The number of carbonyl (C=O) groups excluding carboxylic acids is 4. The lowest BCUT2D eigenvalue weighted by Gasteiger charge is -2.42. The Hall–Kier alpha value is -4.12. The molecule has 0 radical (unpaired) electrons. The van der Waals surface area contributed by atoms with E-state index < -0.39 is 179 Å². The van der Waals surface area contributed by atoms with Gasteiger partial charge in [-0.05, 0) is 38.0 Å². The van der Waals surface area contributed by atoms with Crippen LogP contribution in [0.2, 0.25) is 0 Å². The van der Waals surface area contributed by atoms with Crippen molar-refractivity contribution in [2.45, 2.75) is 120 Å². The summed E-state index contributed by atoms with van der Waals surface area (Å²) in [6, 6.07) is 0. The highest BCUT2D eigenvalue weighted by Gasteiger charge is 2.50. The highest BCUT2D eigenvalue weighted by Crippen LogP contribution is 2.44. The Morgan fingerprint density at radius 3 is 1.53 bits per heavy atom. The minimum absolute atomic E-state index is 0.0905. The van der Waals surface area contributed by atoms with Gasteiger partial charge in [-0.3, -0.25) is 9.59 Å². The number of ether oxygens (including phenoxy) is 10. The summed E-state index contributed by atoms with van der Waals surface area (Å²) in [5.41, 5.74) is 0.187. The molecule has 10 N–H and O–H groups in total. The minimum Gasteiger partial charge on any atom is -0.468 e. The largest absolute Gasteiger partial charge is 0.468 e. The van der Waals surface area contributed by atoms with E-state index in [1.54, 1.807) is 20.8 Å². The third-order valence-electron chi connectivity index (χ3n) is 13.3. The smallest absolute Gasteiger partial charge is 0.337 e. The summed E-state index contributed by atoms with van der Waals surface area (Å²) in [6.45, 7) is 2.13. The van der Waals surface area contributed by atoms with Crippen molar-refractivity contribution in [2.24, 2.45) is 35.5 Å². The van der Waals surface area contributed by atoms with Crippen LogP contribution in [0, 0.1) is 35.5 Å². The molecule has 0 spiro atoms. The highest BCUT2D eigenvalue weighted by atomic mass is 16.8. The van der Waals surface area contributed by atoms with Crippen LogP contribution in [0.3, 0.4) is 0 Å². The van der Waals surface area contributed by atoms with E-state index in [0.717, 1.165) is 26.7 Å². The van der Waals surface area contributed by atoms with Crippen LogP contribution in [0.15, 0.2) is 47.0 Å². The number of hydrogen-bond acceptors (Lipinski definition) is 24. The van der Waals surface area contributed by atoms with E-state index in [9.17, 15) is 70.2 Å². The first kappa shape index (κ1) is 54.8. The zero-order chi connectivity index (χ0) is 50.1. The number of allylic oxidation sites excluding steroid dienone is 2. The predicted molar refractivity (Wildman–Crippen MR) is 223 cm³/mol. The number of aliphatic hydroxyl groups is 10. The first-order valence-electron chi connectivity index (χ1n) is 22.1. The van der Waals surface area contributed by atoms with E-state index in [1.807, 2.05) is 0 Å². The lowest BCUT2D eigenvalue weighted by Crippen LogP contribution is -2.60. The fourth-order valence-electron chi connectivity index (χ4n) is 9.29. The molecule has 24 heteroatoms. The standard InChI is InChI=1S/C44H64O24/c1-6-20-23(26(39(57)59-4)16-62-41(20)67-43-37(55)35(53)33(51)29(13-47)65-43)9-31(49)61-15-19(11-45)22-8-28(18(3)25(22)12-46)64-32(50)10-24-21(7-2)42(63-17-27(24)40(58)60-5)68-44-38(56)36(54)34(52)30(14-48)66-44/h6-7,16-19,22-25,28-30,33-38,41-48,51-56H,8-15H2,1-5H3/b20-6-,21-7-/t18-,19+,22+,23+,24+,25-,28-,29-,30-,33-,34-,35+,36+,37-,38-,41+,42+,43+,44+/m1/s1. The van der Waals surface area contributed by atoms with Gasteiger partial charge in [0.25, 0.3) is 0 Å². The second-order valence-corrected chi connectivity index (χ2v) is 17.1. The summed E-state index contributed by atoms with van der Waals surface area (Å²) >= 11 is 0. The van der Waals surface area contributed by atoms with Crippen LogP contribution in [0.25, 0.3) is 0 Å². The summed E-state index contributed by atoms with van der Waals surface area (Å²) < 4.78 is 55.2. The third kappa shape index (κ3) is 11.9. The van der Waals surface area contributed by atoms with Crippen molar-refractivity contribution in [2.75, 3.05) is 47.3 Å². The van der Waals surface area contributed by atoms with Crippen molar-refractivity contribution in [3.05, 3.63) is 47.0 Å². The fraction of sp³-hybridized carbons (Fsp3) is 0.727. The Balaban J connectivity index is 1.24. The fourth-order valence-corrected chi connectivity index (χ4v) is 9.29. The normalized spacial score (nSPS) is 38.9. The number of methoxy groups -OCH3 is 2. The SMILES string of the molecule is C/C=C1\[C@H](O[C@@H]2O[C@H](CO)[C@@H](O)[C@H](O)[C@H]2O)OC=C(C(=O)OC)[C@H]1CC(=O)OC[C@H](CO)[C@@H]1C[C@@H](OC(=O)C[C@@H]2C(C(=O)OC)=CO[C@@H](O[C@@H]3O[C@H](CO)[C@@H](O)[C@H](O)[C@H]3O)/C2=C\C)[C@H](C)[C@H]1CO. The van der Waals surface area contributed by atoms with Gasteiger partial charge < -0.3 is 98.4 Å². The Labute approximate surface area is 390 Å². The monoisotopic (exact) mass is 976 g/mol. The molecule has 1 aliphatic carbocycles. The summed E-state index contributed by atoms with van der Waals surface area (Å²) in [5, 5.41) is 102. The van der Waals surface area contributed by atoms with Crippen LogP contribution in [0.1, 0.15) is 40.0 Å². The second-order valence-electron chi connectivity index (χ2n) is 17.1. The van der Waals surface area contributed by atoms with E-state index in [4.69, 9.17) is 47.4 Å². The molecule has 3 fully saturated rings. The molecule has 0 amide bonds. The maximum Gasteiger partial charge on any atom is 0.337 e. The molecular weight excluding hydrogens is 912 g/mol. The average Bonchev–Trinajstić information content (AvgIpc) is 3.64. The van der Waals surface area contributed by atoms with Gasteiger partial charge in [-0.1, -0.05) is 19.1 Å². The zero-order valence-electron chi connectivity index (χ0n) is 38.1. The second kappa shape index (κ2) is 24.6. The van der Waals surface area contributed by atoms with Gasteiger partial charge in [-0.2, -0.15) is 0 Å². The van der Waals surface area contributed by atoms with Crippen molar-refractivity contribution in [1.29, 1.82) is 0 Å². The highest BCUT2D eigenvalue weighted by molar-refractivity contribution is 5.91. The van der Waals surface area contributed by atoms with Gasteiger partial charge in [-0.15, -0.1) is 0 Å². The third-order valence-corrected chi connectivity index (χ3v) is 13.3. The summed E-state index contributed by atoms with van der Waals surface area (Å²) in [5.74, 6) is -7.88. The number of aliphatic hydroxyl groups excluding tert-OH is 10. The van der Waals surface area contributed by atoms with Gasteiger partial charge in [0, 0.05) is 42.1 Å². The lowest BCUT2D eigenvalue weighted by atomic mass is 9.82. The van der Waals surface area contributed by atoms with E-state index in [1.165, 1.54) is 12.2 Å². The zero-order valence-corrected chi connectivity index (χ0v) is 38.1. The van der Waals surface area contributed by atoms with Gasteiger partial charge in [0.1, 0.15) is 54.9 Å². The molecular formula is C44H64O24. The molecule has 4 heterocycles. The van der Waals surface area contributed by atoms with E-state index in [-0.39, 0.29) is 35.3 Å². The first-order valence-corrected chi connectivity index (χ1v) is 22.1. The van der Waals surface area contributed by atoms with Gasteiger partial charge in [-0.25, -0.2) is 9.59 Å². The topological polar surface area (TPSA) is 363 Å². The maximum atomic E-state index is 13.8. The molecule has 2 saturated heterocycles. The Kier molecular flexibility index (Phi) is 19.9. The van der Waals surface area contributed by atoms with Crippen molar-refractivity contribution >= 4 is 23.9 Å². The molecule has 24 nitrogen and oxygen atoms in total. The molecule has 19 atom stereocenters. The van der Waals surface area contributed by atoms with E-state index in [0.29, 0.717) is 0 Å². The van der Waals surface area contributed by atoms with Crippen LogP contribution in [0.5, 0.6) is 0 Å². The minimum atomic E-state index is -1.79. The molecule has 0 aromatic heterocycles.